The van der Waals surface area contributed by atoms with E-state index in [2.05, 4.69) is 5.32 Å². The molecule has 0 aromatic heterocycles. The van der Waals surface area contributed by atoms with Gasteiger partial charge in [0.15, 0.2) is 0 Å². The van der Waals surface area contributed by atoms with Gasteiger partial charge in [-0.3, -0.25) is 9.59 Å². The van der Waals surface area contributed by atoms with Crippen LogP contribution in [0.3, 0.4) is 0 Å². The van der Waals surface area contributed by atoms with E-state index in [1.807, 2.05) is 26.0 Å². The zero-order valence-electron chi connectivity index (χ0n) is 14.6. The molecule has 0 spiro atoms. The van der Waals surface area contributed by atoms with Crippen LogP contribution in [0, 0.1) is 6.92 Å². The monoisotopic (exact) mass is 340 g/mol. The maximum atomic E-state index is 12.3. The van der Waals surface area contributed by atoms with Gasteiger partial charge in [-0.15, -0.1) is 0 Å². The molecule has 0 aliphatic heterocycles. The number of carbonyl (C=O) groups excluding carboxylic acids is 2. The normalized spacial score (nSPS) is 11.8. The van der Waals surface area contributed by atoms with Gasteiger partial charge < -0.3 is 16.2 Å². The van der Waals surface area contributed by atoms with Crippen molar-refractivity contribution in [1.29, 1.82) is 0 Å². The van der Waals surface area contributed by atoms with Crippen LogP contribution in [0.15, 0.2) is 42.5 Å². The van der Waals surface area contributed by atoms with Crippen molar-refractivity contribution in [3.8, 4) is 16.9 Å². The molecule has 2 aromatic rings. The van der Waals surface area contributed by atoms with E-state index in [0.29, 0.717) is 17.5 Å². The topological polar surface area (TPSA) is 92.4 Å². The quantitative estimate of drug-likeness (QED) is 0.723. The number of carbonyl (C=O) groups is 2. The minimum Gasteiger partial charge on any atom is -0.507 e. The standard InChI is InChI=1S/C20H24N2O3/c1-3-4-5-17(19(21)24)22-20(25)15-9-7-14(8-10-15)16-12-13(2)6-11-18(16)23/h6-12,17,23H,3-5H2,1-2H3,(H2,21,24)(H,22,25)/t17-/m0/s1. The highest BCUT2D eigenvalue weighted by Gasteiger charge is 2.18. The SMILES string of the molecule is CCCC[C@H](NC(=O)c1ccc(-c2cc(C)ccc2O)cc1)C(N)=O. The highest BCUT2D eigenvalue weighted by molar-refractivity contribution is 5.97. The van der Waals surface area contributed by atoms with E-state index in [1.54, 1.807) is 30.3 Å². The molecular formula is C20H24N2O3. The Bertz CT molecular complexity index is 754. The van der Waals surface area contributed by atoms with Crippen LogP contribution in [-0.2, 0) is 4.79 Å². The van der Waals surface area contributed by atoms with Crippen LogP contribution < -0.4 is 11.1 Å². The highest BCUT2D eigenvalue weighted by atomic mass is 16.3. The lowest BCUT2D eigenvalue weighted by Gasteiger charge is -2.15. The van der Waals surface area contributed by atoms with Crippen molar-refractivity contribution in [3.63, 3.8) is 0 Å². The molecule has 0 aliphatic rings. The van der Waals surface area contributed by atoms with Gasteiger partial charge in [0.2, 0.25) is 5.91 Å². The second-order valence-corrected chi connectivity index (χ2v) is 6.17. The first-order valence-electron chi connectivity index (χ1n) is 8.42. The van der Waals surface area contributed by atoms with Gasteiger partial charge in [-0.1, -0.05) is 43.5 Å². The fraction of sp³-hybridized carbons (Fsp3) is 0.300. The van der Waals surface area contributed by atoms with E-state index in [4.69, 9.17) is 5.73 Å². The summed E-state index contributed by atoms with van der Waals surface area (Å²) in [5.74, 6) is -0.667. The second-order valence-electron chi connectivity index (χ2n) is 6.17. The fourth-order valence-electron chi connectivity index (χ4n) is 2.62. The number of aromatic hydroxyl groups is 1. The Morgan fingerprint density at radius 2 is 1.84 bits per heavy atom. The number of phenolic OH excluding ortho intramolecular Hbond substituents is 1. The molecule has 2 rings (SSSR count). The number of amides is 2. The lowest BCUT2D eigenvalue weighted by Crippen LogP contribution is -2.44. The Morgan fingerprint density at radius 1 is 1.16 bits per heavy atom. The Kier molecular flexibility index (Phi) is 6.17. The van der Waals surface area contributed by atoms with Gasteiger partial charge in [0, 0.05) is 11.1 Å². The molecule has 0 unspecified atom stereocenters. The van der Waals surface area contributed by atoms with Crippen molar-refractivity contribution in [2.45, 2.75) is 39.2 Å². The number of nitrogens with one attached hydrogen (secondary N) is 1. The van der Waals surface area contributed by atoms with E-state index in [0.717, 1.165) is 24.0 Å². The van der Waals surface area contributed by atoms with Crippen LogP contribution >= 0.6 is 0 Å². The van der Waals surface area contributed by atoms with Crippen LogP contribution in [0.25, 0.3) is 11.1 Å². The largest absolute Gasteiger partial charge is 0.507 e. The zero-order valence-corrected chi connectivity index (χ0v) is 14.6. The summed E-state index contributed by atoms with van der Waals surface area (Å²) in [6.45, 7) is 3.96. The van der Waals surface area contributed by atoms with Crippen LogP contribution in [0.1, 0.15) is 42.1 Å². The van der Waals surface area contributed by atoms with Crippen molar-refractivity contribution in [2.24, 2.45) is 5.73 Å². The molecule has 0 saturated carbocycles. The number of unbranched alkanes of at least 4 members (excludes halogenated alkanes) is 1. The van der Waals surface area contributed by atoms with Crippen molar-refractivity contribution >= 4 is 11.8 Å². The Labute approximate surface area is 147 Å². The number of phenols is 1. The van der Waals surface area contributed by atoms with E-state index >= 15 is 0 Å². The second kappa shape index (κ2) is 8.33. The number of primary amides is 1. The maximum absolute atomic E-state index is 12.3. The predicted octanol–water partition coefficient (Wildman–Crippen LogP) is 3.14. The first kappa shape index (κ1) is 18.5. The molecule has 0 heterocycles. The fourth-order valence-corrected chi connectivity index (χ4v) is 2.62. The van der Waals surface area contributed by atoms with Gasteiger partial charge in [0.1, 0.15) is 11.8 Å². The lowest BCUT2D eigenvalue weighted by molar-refractivity contribution is -0.120. The summed E-state index contributed by atoms with van der Waals surface area (Å²) in [5, 5.41) is 12.7. The summed E-state index contributed by atoms with van der Waals surface area (Å²) in [6, 6.07) is 11.6. The summed E-state index contributed by atoms with van der Waals surface area (Å²) in [5.41, 5.74) is 8.36. The minimum atomic E-state index is -0.659. The lowest BCUT2D eigenvalue weighted by atomic mass is 10.0. The molecule has 4 N–H and O–H groups in total. The van der Waals surface area contributed by atoms with Gasteiger partial charge in [0.05, 0.1) is 0 Å². The third-order valence-electron chi connectivity index (χ3n) is 4.11. The molecule has 0 saturated heterocycles. The number of nitrogens with two attached hydrogens (primary N) is 1. The Morgan fingerprint density at radius 3 is 2.44 bits per heavy atom. The van der Waals surface area contributed by atoms with Crippen LogP contribution in [-0.4, -0.2) is 23.0 Å². The number of rotatable bonds is 7. The van der Waals surface area contributed by atoms with Crippen LogP contribution in [0.2, 0.25) is 0 Å². The molecule has 132 valence electrons. The van der Waals surface area contributed by atoms with Crippen molar-refractivity contribution in [3.05, 3.63) is 53.6 Å². The Hall–Kier alpha value is -2.82. The van der Waals surface area contributed by atoms with E-state index in [1.165, 1.54) is 0 Å². The smallest absolute Gasteiger partial charge is 0.251 e. The van der Waals surface area contributed by atoms with Crippen LogP contribution in [0.4, 0.5) is 0 Å². The van der Waals surface area contributed by atoms with E-state index in [9.17, 15) is 14.7 Å². The first-order chi connectivity index (χ1) is 11.9. The molecule has 0 radical (unpaired) electrons. The molecule has 5 nitrogen and oxygen atoms in total. The van der Waals surface area contributed by atoms with Gasteiger partial charge in [-0.05, 0) is 43.2 Å². The molecule has 0 aliphatic carbocycles. The predicted molar refractivity (Wildman–Crippen MR) is 98.3 cm³/mol. The summed E-state index contributed by atoms with van der Waals surface area (Å²) in [7, 11) is 0. The summed E-state index contributed by atoms with van der Waals surface area (Å²) >= 11 is 0. The average Bonchev–Trinajstić information content (AvgIpc) is 2.60. The average molecular weight is 340 g/mol. The van der Waals surface area contributed by atoms with Crippen LogP contribution in [0.5, 0.6) is 5.75 Å². The molecular weight excluding hydrogens is 316 g/mol. The molecule has 1 atom stereocenters. The van der Waals surface area contributed by atoms with Gasteiger partial charge in [-0.2, -0.15) is 0 Å². The van der Waals surface area contributed by atoms with Crippen molar-refractivity contribution < 1.29 is 14.7 Å². The summed E-state index contributed by atoms with van der Waals surface area (Å²) in [6.07, 6.45) is 2.28. The number of hydrogen-bond donors (Lipinski definition) is 3. The van der Waals surface area contributed by atoms with Gasteiger partial charge in [-0.25, -0.2) is 0 Å². The van der Waals surface area contributed by atoms with Gasteiger partial charge in [0.25, 0.3) is 5.91 Å². The van der Waals surface area contributed by atoms with E-state index < -0.39 is 11.9 Å². The molecule has 2 amide bonds. The third-order valence-corrected chi connectivity index (χ3v) is 4.11. The molecule has 5 heteroatoms. The first-order valence-corrected chi connectivity index (χ1v) is 8.42. The van der Waals surface area contributed by atoms with Crippen molar-refractivity contribution in [1.82, 2.24) is 5.32 Å². The highest BCUT2D eigenvalue weighted by Crippen LogP contribution is 2.30. The molecule has 25 heavy (non-hydrogen) atoms. The van der Waals surface area contributed by atoms with Gasteiger partial charge >= 0.3 is 0 Å². The summed E-state index contributed by atoms with van der Waals surface area (Å²) < 4.78 is 0. The van der Waals surface area contributed by atoms with E-state index in [-0.39, 0.29) is 11.7 Å². The molecule has 0 fully saturated rings. The number of hydrogen-bond acceptors (Lipinski definition) is 3. The third kappa shape index (κ3) is 4.83. The number of benzene rings is 2. The number of aryl methyl sites for hydroxylation is 1. The maximum Gasteiger partial charge on any atom is 0.251 e. The molecule has 0 bridgehead atoms. The zero-order chi connectivity index (χ0) is 18.4. The van der Waals surface area contributed by atoms with Crippen molar-refractivity contribution in [2.75, 3.05) is 0 Å². The minimum absolute atomic E-state index is 0.191. The summed E-state index contributed by atoms with van der Waals surface area (Å²) in [4.78, 5) is 23.8. The Balaban J connectivity index is 2.14. The molecule has 2 aromatic carbocycles.